The molecule has 3 aliphatic rings. The van der Waals surface area contributed by atoms with Crippen molar-refractivity contribution < 1.29 is 0 Å². The highest BCUT2D eigenvalue weighted by molar-refractivity contribution is 6.84. The molecule has 1 heterocycles. The Bertz CT molecular complexity index is 148. The van der Waals surface area contributed by atoms with Crippen LogP contribution in [0.5, 0.6) is 0 Å². The summed E-state index contributed by atoms with van der Waals surface area (Å²) in [5.74, 6) is 0. The lowest BCUT2D eigenvalue weighted by molar-refractivity contribution is 0.935. The number of hydrogen-bond donors (Lipinski definition) is 0. The van der Waals surface area contributed by atoms with Crippen LogP contribution in [0.1, 0.15) is 38.5 Å². The van der Waals surface area contributed by atoms with E-state index in [2.05, 4.69) is 0 Å². The first-order valence-corrected chi connectivity index (χ1v) is 7.99. The fraction of sp³-hybridized carbons (Fsp3) is 1.00. The Morgan fingerprint density at radius 3 is 1.55 bits per heavy atom. The van der Waals surface area contributed by atoms with Crippen molar-refractivity contribution in [3.05, 3.63) is 0 Å². The van der Waals surface area contributed by atoms with E-state index in [1.807, 2.05) is 0 Å². The maximum atomic E-state index is 1.74. The average molecular weight is 166 g/mol. The van der Waals surface area contributed by atoms with Crippen LogP contribution in [0.25, 0.3) is 0 Å². The highest BCUT2D eigenvalue weighted by Gasteiger charge is 2.56. The lowest BCUT2D eigenvalue weighted by Gasteiger charge is -2.26. The van der Waals surface area contributed by atoms with Gasteiger partial charge in [-0.15, -0.1) is 0 Å². The lowest BCUT2D eigenvalue weighted by Crippen LogP contribution is -2.31. The van der Waals surface area contributed by atoms with Gasteiger partial charge in [0.05, 0.1) is 8.07 Å². The normalized spacial score (nSPS) is 36.0. The zero-order valence-corrected chi connectivity index (χ0v) is 8.31. The molecular weight excluding hydrogens is 148 g/mol. The average Bonchev–Trinajstić information content (AvgIpc) is 2.90. The first kappa shape index (κ1) is 6.70. The van der Waals surface area contributed by atoms with Gasteiger partial charge in [0.15, 0.2) is 0 Å². The van der Waals surface area contributed by atoms with Crippen LogP contribution in [-0.2, 0) is 0 Å². The van der Waals surface area contributed by atoms with Crippen LogP contribution in [0.2, 0.25) is 23.2 Å². The first-order chi connectivity index (χ1) is 5.42. The van der Waals surface area contributed by atoms with Gasteiger partial charge in [-0.25, -0.2) is 0 Å². The van der Waals surface area contributed by atoms with Crippen LogP contribution in [0, 0.1) is 0 Å². The van der Waals surface area contributed by atoms with E-state index in [1.165, 1.54) is 11.1 Å². The van der Waals surface area contributed by atoms with Crippen molar-refractivity contribution in [1.82, 2.24) is 0 Å². The molecule has 0 atom stereocenters. The molecule has 1 saturated heterocycles. The molecule has 1 aliphatic heterocycles. The summed E-state index contributed by atoms with van der Waals surface area (Å²) in [5, 5.41) is 0. The second-order valence-electron chi connectivity index (χ2n) is 4.99. The van der Waals surface area contributed by atoms with E-state index in [9.17, 15) is 0 Å². The molecule has 0 N–H and O–H groups in total. The van der Waals surface area contributed by atoms with Crippen molar-refractivity contribution in [3.63, 3.8) is 0 Å². The van der Waals surface area contributed by atoms with E-state index in [-0.39, 0.29) is 0 Å². The maximum Gasteiger partial charge on any atom is 0.0598 e. The molecule has 0 spiro atoms. The minimum atomic E-state index is -0.565. The summed E-state index contributed by atoms with van der Waals surface area (Å²) in [6.07, 6.45) is 9.79. The predicted molar refractivity (Wildman–Crippen MR) is 50.6 cm³/mol. The Labute approximate surface area is 70.4 Å². The van der Waals surface area contributed by atoms with Crippen LogP contribution in [0.15, 0.2) is 0 Å². The predicted octanol–water partition coefficient (Wildman–Crippen LogP) is 3.56. The Morgan fingerprint density at radius 2 is 1.18 bits per heavy atom. The first-order valence-electron chi connectivity index (χ1n) is 5.42. The van der Waals surface area contributed by atoms with Crippen LogP contribution >= 0.6 is 0 Å². The summed E-state index contributed by atoms with van der Waals surface area (Å²) in [6.45, 7) is 0. The summed E-state index contributed by atoms with van der Waals surface area (Å²) in [6, 6.07) is 3.48. The third-order valence-electron chi connectivity index (χ3n) is 4.32. The molecular formula is C10H18Si. The fourth-order valence-electron chi connectivity index (χ4n) is 3.50. The van der Waals surface area contributed by atoms with Crippen molar-refractivity contribution >= 4 is 8.07 Å². The molecule has 3 fully saturated rings. The van der Waals surface area contributed by atoms with E-state index < -0.39 is 8.07 Å². The SMILES string of the molecule is C1CC[Si](C2CC2)(C2CC2)C1. The quantitative estimate of drug-likeness (QED) is 0.550. The zero-order chi connectivity index (χ0) is 7.31. The van der Waals surface area contributed by atoms with Gasteiger partial charge in [-0.05, 0) is 11.1 Å². The zero-order valence-electron chi connectivity index (χ0n) is 7.31. The molecule has 2 aliphatic carbocycles. The molecule has 0 amide bonds. The van der Waals surface area contributed by atoms with Crippen molar-refractivity contribution in [3.8, 4) is 0 Å². The van der Waals surface area contributed by atoms with Crippen LogP contribution in [0.3, 0.4) is 0 Å². The molecule has 0 aromatic heterocycles. The van der Waals surface area contributed by atoms with Crippen molar-refractivity contribution in [2.24, 2.45) is 0 Å². The Morgan fingerprint density at radius 1 is 0.727 bits per heavy atom. The smallest absolute Gasteiger partial charge is 0.0567 e. The molecule has 3 rings (SSSR count). The van der Waals surface area contributed by atoms with Crippen LogP contribution in [-0.4, -0.2) is 8.07 Å². The standard InChI is InChI=1S/C10H18Si/c1-2-8-11(7-1,9-3-4-9)10-5-6-10/h9-10H,1-8H2. The van der Waals surface area contributed by atoms with Gasteiger partial charge < -0.3 is 0 Å². The Kier molecular flexibility index (Phi) is 1.29. The second kappa shape index (κ2) is 2.12. The molecule has 62 valence electrons. The van der Waals surface area contributed by atoms with Gasteiger partial charge in [-0.1, -0.05) is 50.6 Å². The van der Waals surface area contributed by atoms with E-state index >= 15 is 0 Å². The molecule has 2 saturated carbocycles. The number of hydrogen-bond acceptors (Lipinski definition) is 0. The third-order valence-corrected chi connectivity index (χ3v) is 11.3. The highest BCUT2D eigenvalue weighted by atomic mass is 28.3. The van der Waals surface area contributed by atoms with Gasteiger partial charge in [0.25, 0.3) is 0 Å². The summed E-state index contributed by atoms with van der Waals surface area (Å²) in [5.41, 5.74) is 2.66. The third kappa shape index (κ3) is 0.931. The molecule has 0 bridgehead atoms. The maximum absolute atomic E-state index is 1.74. The van der Waals surface area contributed by atoms with Gasteiger partial charge in [0, 0.05) is 0 Å². The van der Waals surface area contributed by atoms with Gasteiger partial charge in [0.2, 0.25) is 0 Å². The van der Waals surface area contributed by atoms with E-state index in [4.69, 9.17) is 0 Å². The molecule has 11 heavy (non-hydrogen) atoms. The van der Waals surface area contributed by atoms with Crippen molar-refractivity contribution in [1.29, 1.82) is 0 Å². The summed E-state index contributed by atoms with van der Waals surface area (Å²) >= 11 is 0. The minimum Gasteiger partial charge on any atom is -0.0567 e. The fourth-order valence-corrected chi connectivity index (χ4v) is 10.5. The molecule has 0 aromatic carbocycles. The summed E-state index contributed by atoms with van der Waals surface area (Å²) in [7, 11) is -0.565. The molecule has 0 unspecified atom stereocenters. The van der Waals surface area contributed by atoms with Crippen LogP contribution in [0.4, 0.5) is 0 Å². The Hall–Kier alpha value is 0.217. The Balaban J connectivity index is 1.83. The molecule has 0 nitrogen and oxygen atoms in total. The van der Waals surface area contributed by atoms with E-state index in [0.29, 0.717) is 0 Å². The van der Waals surface area contributed by atoms with E-state index in [1.54, 1.807) is 50.6 Å². The minimum absolute atomic E-state index is 0.565. The topological polar surface area (TPSA) is 0 Å². The second-order valence-corrected chi connectivity index (χ2v) is 10.1. The number of rotatable bonds is 2. The molecule has 1 heteroatoms. The van der Waals surface area contributed by atoms with Gasteiger partial charge in [0.1, 0.15) is 0 Å². The largest absolute Gasteiger partial charge is 0.0598 e. The summed E-state index contributed by atoms with van der Waals surface area (Å²) in [4.78, 5) is 0. The van der Waals surface area contributed by atoms with Crippen molar-refractivity contribution in [2.45, 2.75) is 61.7 Å². The molecule has 0 aromatic rings. The lowest BCUT2D eigenvalue weighted by atomic mass is 10.4. The van der Waals surface area contributed by atoms with Gasteiger partial charge in [-0.2, -0.15) is 0 Å². The summed E-state index contributed by atoms with van der Waals surface area (Å²) < 4.78 is 0. The van der Waals surface area contributed by atoms with Crippen molar-refractivity contribution in [2.75, 3.05) is 0 Å². The van der Waals surface area contributed by atoms with Gasteiger partial charge >= 0.3 is 0 Å². The highest BCUT2D eigenvalue weighted by Crippen LogP contribution is 2.64. The molecule has 0 radical (unpaired) electrons. The monoisotopic (exact) mass is 166 g/mol. The van der Waals surface area contributed by atoms with Gasteiger partial charge in [-0.3, -0.25) is 0 Å². The van der Waals surface area contributed by atoms with Crippen LogP contribution < -0.4 is 0 Å². The van der Waals surface area contributed by atoms with E-state index in [0.717, 1.165) is 0 Å².